The van der Waals surface area contributed by atoms with E-state index in [1.54, 1.807) is 18.3 Å². The van der Waals surface area contributed by atoms with Crippen molar-refractivity contribution in [3.05, 3.63) is 54.0 Å². The number of primary amides is 1. The maximum Gasteiger partial charge on any atom is 0.250 e. The summed E-state index contributed by atoms with van der Waals surface area (Å²) in [6.45, 7) is 0.587. The highest BCUT2D eigenvalue weighted by Gasteiger charge is 2.00. The number of amides is 1. The molecule has 2 rings (SSSR count). The van der Waals surface area contributed by atoms with Crippen LogP contribution in [0.5, 0.6) is 0 Å². The molecule has 0 unspecified atom stereocenters. The molecule has 0 aliphatic heterocycles. The largest absolute Gasteiger partial charge is 0.366 e. The van der Waals surface area contributed by atoms with E-state index in [9.17, 15) is 4.79 Å². The molecule has 1 amide bonds. The molecule has 5 nitrogen and oxygen atoms in total. The van der Waals surface area contributed by atoms with Gasteiger partial charge in [0.2, 0.25) is 5.91 Å². The monoisotopic (exact) mass is 228 g/mol. The first-order chi connectivity index (χ1) is 8.25. The molecule has 0 radical (unpaired) electrons. The first kappa shape index (κ1) is 11.1. The van der Waals surface area contributed by atoms with E-state index in [0.29, 0.717) is 17.9 Å². The lowest BCUT2D eigenvalue weighted by Gasteiger charge is -2.04. The Hall–Kier alpha value is -2.43. The normalized spacial score (nSPS) is 9.88. The molecular weight excluding hydrogens is 216 g/mol. The number of pyridine rings is 2. The van der Waals surface area contributed by atoms with Crippen molar-refractivity contribution in [1.29, 1.82) is 0 Å². The van der Waals surface area contributed by atoms with E-state index in [2.05, 4.69) is 15.3 Å². The second-order valence-electron chi connectivity index (χ2n) is 3.47. The van der Waals surface area contributed by atoms with E-state index in [4.69, 9.17) is 5.73 Å². The Morgan fingerprint density at radius 2 is 2.12 bits per heavy atom. The molecule has 0 aromatic carbocycles. The number of nitrogens with zero attached hydrogens (tertiary/aromatic N) is 2. The van der Waals surface area contributed by atoms with Crippen LogP contribution < -0.4 is 11.1 Å². The highest BCUT2D eigenvalue weighted by Crippen LogP contribution is 2.06. The van der Waals surface area contributed by atoms with Crippen molar-refractivity contribution in [2.45, 2.75) is 6.54 Å². The maximum absolute atomic E-state index is 10.8. The summed E-state index contributed by atoms with van der Waals surface area (Å²) in [5.74, 6) is 0.203. The maximum atomic E-state index is 10.8. The fourth-order valence-electron chi connectivity index (χ4n) is 1.33. The Morgan fingerprint density at radius 3 is 2.71 bits per heavy atom. The minimum absolute atomic E-state index is 0.397. The van der Waals surface area contributed by atoms with Crippen molar-refractivity contribution < 1.29 is 4.79 Å². The fourth-order valence-corrected chi connectivity index (χ4v) is 1.33. The minimum Gasteiger partial charge on any atom is -0.366 e. The third-order valence-corrected chi connectivity index (χ3v) is 2.22. The van der Waals surface area contributed by atoms with Crippen LogP contribution in [0, 0.1) is 0 Å². The van der Waals surface area contributed by atoms with Gasteiger partial charge in [0.25, 0.3) is 0 Å². The van der Waals surface area contributed by atoms with Crippen LogP contribution in [0.25, 0.3) is 0 Å². The first-order valence-corrected chi connectivity index (χ1v) is 5.15. The number of nitrogens with two attached hydrogens (primary N) is 1. The Balaban J connectivity index is 1.98. The van der Waals surface area contributed by atoms with Crippen molar-refractivity contribution in [1.82, 2.24) is 9.97 Å². The molecule has 0 aliphatic carbocycles. The van der Waals surface area contributed by atoms with Crippen molar-refractivity contribution in [3.8, 4) is 0 Å². The lowest BCUT2D eigenvalue weighted by atomic mass is 10.3. The molecule has 86 valence electrons. The SMILES string of the molecule is NC(=O)c1ccc(NCc2ccccn2)nc1. The molecule has 2 aromatic rings. The molecule has 5 heteroatoms. The van der Waals surface area contributed by atoms with Gasteiger partial charge in [-0.2, -0.15) is 0 Å². The molecule has 0 bridgehead atoms. The summed E-state index contributed by atoms with van der Waals surface area (Å²) >= 11 is 0. The van der Waals surface area contributed by atoms with Crippen molar-refractivity contribution in [2.75, 3.05) is 5.32 Å². The van der Waals surface area contributed by atoms with Crippen molar-refractivity contribution in [2.24, 2.45) is 5.73 Å². The summed E-state index contributed by atoms with van der Waals surface area (Å²) in [5, 5.41) is 3.10. The van der Waals surface area contributed by atoms with Crippen LogP contribution in [0.1, 0.15) is 16.1 Å². The average molecular weight is 228 g/mol. The van der Waals surface area contributed by atoms with Gasteiger partial charge in [-0.05, 0) is 24.3 Å². The van der Waals surface area contributed by atoms with Crippen LogP contribution in [-0.4, -0.2) is 15.9 Å². The first-order valence-electron chi connectivity index (χ1n) is 5.15. The topological polar surface area (TPSA) is 80.9 Å². The lowest BCUT2D eigenvalue weighted by Crippen LogP contribution is -2.11. The average Bonchev–Trinajstić information content (AvgIpc) is 2.38. The summed E-state index contributed by atoms with van der Waals surface area (Å²) in [6.07, 6.45) is 3.18. The quantitative estimate of drug-likeness (QED) is 0.823. The van der Waals surface area contributed by atoms with E-state index in [1.165, 1.54) is 6.20 Å². The molecule has 0 saturated carbocycles. The number of hydrogen-bond donors (Lipinski definition) is 2. The lowest BCUT2D eigenvalue weighted by molar-refractivity contribution is 0.1000. The van der Waals surface area contributed by atoms with E-state index in [1.807, 2.05) is 18.2 Å². The van der Waals surface area contributed by atoms with E-state index >= 15 is 0 Å². The van der Waals surface area contributed by atoms with Gasteiger partial charge in [0.15, 0.2) is 0 Å². The third kappa shape index (κ3) is 3.01. The van der Waals surface area contributed by atoms with Crippen LogP contribution in [0.3, 0.4) is 0 Å². The fraction of sp³-hybridized carbons (Fsp3) is 0.0833. The third-order valence-electron chi connectivity index (χ3n) is 2.22. The molecule has 17 heavy (non-hydrogen) atoms. The molecule has 0 spiro atoms. The molecule has 3 N–H and O–H groups in total. The standard InChI is InChI=1S/C12H12N4O/c13-12(17)9-4-5-11(15-7-9)16-8-10-3-1-2-6-14-10/h1-7H,8H2,(H2,13,17)(H,15,16). The molecular formula is C12H12N4O. The van der Waals surface area contributed by atoms with Crippen LogP contribution >= 0.6 is 0 Å². The van der Waals surface area contributed by atoms with Gasteiger partial charge in [-0.1, -0.05) is 6.07 Å². The molecule has 0 atom stereocenters. The number of carbonyl (C=O) groups is 1. The summed E-state index contributed by atoms with van der Waals surface area (Å²) in [4.78, 5) is 19.1. The zero-order chi connectivity index (χ0) is 12.1. The second kappa shape index (κ2) is 5.07. The van der Waals surface area contributed by atoms with Gasteiger partial charge in [-0.3, -0.25) is 9.78 Å². The Morgan fingerprint density at radius 1 is 1.24 bits per heavy atom. The van der Waals surface area contributed by atoms with Crippen molar-refractivity contribution in [3.63, 3.8) is 0 Å². The molecule has 2 heterocycles. The van der Waals surface area contributed by atoms with Crippen LogP contribution in [0.2, 0.25) is 0 Å². The Kier molecular flexibility index (Phi) is 3.30. The number of rotatable bonds is 4. The highest BCUT2D eigenvalue weighted by atomic mass is 16.1. The number of hydrogen-bond acceptors (Lipinski definition) is 4. The predicted octanol–water partition coefficient (Wildman–Crippen LogP) is 1.19. The van der Waals surface area contributed by atoms with Gasteiger partial charge >= 0.3 is 0 Å². The Bertz CT molecular complexity index is 496. The number of nitrogens with one attached hydrogen (secondary N) is 1. The van der Waals surface area contributed by atoms with Gasteiger partial charge in [-0.15, -0.1) is 0 Å². The van der Waals surface area contributed by atoms with Crippen molar-refractivity contribution >= 4 is 11.7 Å². The molecule has 0 saturated heterocycles. The Labute approximate surface area is 98.7 Å². The van der Waals surface area contributed by atoms with Crippen LogP contribution in [0.15, 0.2) is 42.7 Å². The summed E-state index contributed by atoms with van der Waals surface area (Å²) in [7, 11) is 0. The van der Waals surface area contributed by atoms with Crippen LogP contribution in [0.4, 0.5) is 5.82 Å². The summed E-state index contributed by atoms with van der Waals surface area (Å²) in [5.41, 5.74) is 6.44. The minimum atomic E-state index is -0.478. The van der Waals surface area contributed by atoms with Gasteiger partial charge in [0.1, 0.15) is 5.82 Å². The molecule has 0 aliphatic rings. The molecule has 0 fully saturated rings. The van der Waals surface area contributed by atoms with Gasteiger partial charge in [0, 0.05) is 12.4 Å². The van der Waals surface area contributed by atoms with Crippen LogP contribution in [-0.2, 0) is 6.54 Å². The molecule has 2 aromatic heterocycles. The summed E-state index contributed by atoms with van der Waals surface area (Å²) in [6, 6.07) is 9.06. The smallest absolute Gasteiger partial charge is 0.250 e. The number of carbonyl (C=O) groups excluding carboxylic acids is 1. The summed E-state index contributed by atoms with van der Waals surface area (Å²) < 4.78 is 0. The number of anilines is 1. The second-order valence-corrected chi connectivity index (χ2v) is 3.47. The zero-order valence-corrected chi connectivity index (χ0v) is 9.13. The number of aromatic nitrogens is 2. The zero-order valence-electron chi connectivity index (χ0n) is 9.13. The van der Waals surface area contributed by atoms with E-state index in [0.717, 1.165) is 5.69 Å². The predicted molar refractivity (Wildman–Crippen MR) is 64.3 cm³/mol. The highest BCUT2D eigenvalue weighted by molar-refractivity contribution is 5.92. The van der Waals surface area contributed by atoms with E-state index in [-0.39, 0.29) is 0 Å². The van der Waals surface area contributed by atoms with E-state index < -0.39 is 5.91 Å². The van der Waals surface area contributed by atoms with Gasteiger partial charge < -0.3 is 11.1 Å². The van der Waals surface area contributed by atoms with Gasteiger partial charge in [-0.25, -0.2) is 4.98 Å². The van der Waals surface area contributed by atoms with Gasteiger partial charge in [0.05, 0.1) is 17.8 Å².